The van der Waals surface area contributed by atoms with E-state index in [1.165, 1.54) is 19.3 Å². The lowest BCUT2D eigenvalue weighted by molar-refractivity contribution is 0.439. The van der Waals surface area contributed by atoms with Gasteiger partial charge in [-0.3, -0.25) is 0 Å². The van der Waals surface area contributed by atoms with Crippen molar-refractivity contribution in [3.63, 3.8) is 0 Å². The summed E-state index contributed by atoms with van der Waals surface area (Å²) >= 11 is 6.20. The molecule has 1 N–H and O–H groups in total. The Kier molecular flexibility index (Phi) is 4.67. The minimum Gasteiger partial charge on any atom is -0.369 e. The van der Waals surface area contributed by atoms with Gasteiger partial charge in [-0.15, -0.1) is 0 Å². The monoisotopic (exact) mass is 281 g/mol. The molecule has 1 fully saturated rings. The summed E-state index contributed by atoms with van der Waals surface area (Å²) in [6.45, 7) is 9.49. The summed E-state index contributed by atoms with van der Waals surface area (Å²) in [5, 5.41) is 4.06. The number of hydrogen-bond acceptors (Lipinski definition) is 3. The summed E-state index contributed by atoms with van der Waals surface area (Å²) in [4.78, 5) is 8.95. The molecule has 2 atom stereocenters. The molecule has 3 nitrogen and oxygen atoms in total. The Bertz CT molecular complexity index is 445. The predicted octanol–water partition coefficient (Wildman–Crippen LogP) is 4.41. The Morgan fingerprint density at radius 3 is 2.63 bits per heavy atom. The van der Waals surface area contributed by atoms with Crippen LogP contribution in [0.25, 0.3) is 0 Å². The third kappa shape index (κ3) is 3.38. The second-order valence-corrected chi connectivity index (χ2v) is 6.41. The van der Waals surface area contributed by atoms with Gasteiger partial charge in [-0.05, 0) is 25.2 Å². The van der Waals surface area contributed by atoms with Crippen LogP contribution in [0.4, 0.5) is 5.82 Å². The largest absolute Gasteiger partial charge is 0.369 e. The summed E-state index contributed by atoms with van der Waals surface area (Å²) < 4.78 is 0. The van der Waals surface area contributed by atoms with Gasteiger partial charge in [-0.1, -0.05) is 45.2 Å². The number of hydrogen-bond donors (Lipinski definition) is 1. The highest BCUT2D eigenvalue weighted by Gasteiger charge is 2.23. The van der Waals surface area contributed by atoms with Crippen molar-refractivity contribution in [1.29, 1.82) is 0 Å². The lowest BCUT2D eigenvalue weighted by Gasteiger charge is -2.18. The second kappa shape index (κ2) is 6.08. The molecular formula is C15H24ClN3. The Morgan fingerprint density at radius 2 is 2.05 bits per heavy atom. The number of nitrogens with zero attached hydrogens (tertiary/aromatic N) is 2. The highest BCUT2D eigenvalue weighted by molar-refractivity contribution is 6.30. The van der Waals surface area contributed by atoms with Crippen molar-refractivity contribution in [3.05, 3.63) is 16.5 Å². The molecule has 19 heavy (non-hydrogen) atoms. The van der Waals surface area contributed by atoms with Crippen LogP contribution in [0.3, 0.4) is 0 Å². The molecule has 0 aliphatic heterocycles. The van der Waals surface area contributed by atoms with E-state index in [1.54, 1.807) is 0 Å². The van der Waals surface area contributed by atoms with Gasteiger partial charge in [0.2, 0.25) is 0 Å². The van der Waals surface area contributed by atoms with Gasteiger partial charge in [-0.25, -0.2) is 9.97 Å². The van der Waals surface area contributed by atoms with Crippen molar-refractivity contribution in [3.8, 4) is 0 Å². The van der Waals surface area contributed by atoms with Crippen LogP contribution in [0.1, 0.15) is 57.3 Å². The van der Waals surface area contributed by atoms with Crippen molar-refractivity contribution in [2.24, 2.45) is 11.8 Å². The molecule has 1 aliphatic rings. The molecule has 1 saturated carbocycles. The summed E-state index contributed by atoms with van der Waals surface area (Å²) in [6, 6.07) is 0. The average molecular weight is 282 g/mol. The fraction of sp³-hybridized carbons (Fsp3) is 0.733. The Balaban J connectivity index is 2.10. The number of aromatic nitrogens is 2. The van der Waals surface area contributed by atoms with Crippen LogP contribution < -0.4 is 5.32 Å². The van der Waals surface area contributed by atoms with Crippen LogP contribution in [-0.2, 0) is 0 Å². The first-order valence-corrected chi connectivity index (χ1v) is 7.64. The number of anilines is 1. The van der Waals surface area contributed by atoms with Gasteiger partial charge in [0.15, 0.2) is 0 Å². The van der Waals surface area contributed by atoms with Crippen LogP contribution in [0.5, 0.6) is 0 Å². The quantitative estimate of drug-likeness (QED) is 0.831. The predicted molar refractivity (Wildman–Crippen MR) is 80.9 cm³/mol. The second-order valence-electron chi connectivity index (χ2n) is 6.05. The molecule has 2 rings (SSSR count). The lowest BCUT2D eigenvalue weighted by atomic mass is 9.98. The minimum absolute atomic E-state index is 0.295. The van der Waals surface area contributed by atoms with E-state index in [1.807, 2.05) is 6.92 Å². The molecule has 1 aromatic rings. The molecular weight excluding hydrogens is 258 g/mol. The maximum absolute atomic E-state index is 6.20. The molecule has 0 radical (unpaired) electrons. The SMILES string of the molecule is Cc1c(Cl)nc(C(C)C)nc1NCC1CCCC1C. The zero-order chi connectivity index (χ0) is 14.0. The molecule has 1 aromatic heterocycles. The average Bonchev–Trinajstić information content (AvgIpc) is 2.76. The van der Waals surface area contributed by atoms with Gasteiger partial charge in [-0.2, -0.15) is 0 Å². The zero-order valence-electron chi connectivity index (χ0n) is 12.3. The molecule has 106 valence electrons. The molecule has 1 heterocycles. The van der Waals surface area contributed by atoms with Crippen LogP contribution in [0.2, 0.25) is 5.15 Å². The first kappa shape index (κ1) is 14.6. The van der Waals surface area contributed by atoms with Gasteiger partial charge in [0.1, 0.15) is 16.8 Å². The van der Waals surface area contributed by atoms with Crippen LogP contribution in [0, 0.1) is 18.8 Å². The number of rotatable bonds is 4. The van der Waals surface area contributed by atoms with E-state index >= 15 is 0 Å². The lowest BCUT2D eigenvalue weighted by Crippen LogP contribution is -2.18. The highest BCUT2D eigenvalue weighted by atomic mass is 35.5. The van der Waals surface area contributed by atoms with E-state index < -0.39 is 0 Å². The van der Waals surface area contributed by atoms with Crippen LogP contribution in [0.15, 0.2) is 0 Å². The fourth-order valence-corrected chi connectivity index (χ4v) is 2.87. The van der Waals surface area contributed by atoms with Gasteiger partial charge in [0, 0.05) is 18.0 Å². The van der Waals surface area contributed by atoms with Gasteiger partial charge in [0.25, 0.3) is 0 Å². The zero-order valence-corrected chi connectivity index (χ0v) is 13.1. The Hall–Kier alpha value is -0.830. The standard InChI is InChI=1S/C15H24ClN3/c1-9(2)14-18-13(16)11(4)15(19-14)17-8-12-7-5-6-10(12)3/h9-10,12H,5-8H2,1-4H3,(H,17,18,19). The van der Waals surface area contributed by atoms with E-state index in [-0.39, 0.29) is 0 Å². The van der Waals surface area contributed by atoms with Crippen molar-refractivity contribution in [2.45, 2.75) is 52.9 Å². The maximum Gasteiger partial charge on any atom is 0.137 e. The van der Waals surface area contributed by atoms with E-state index in [9.17, 15) is 0 Å². The smallest absolute Gasteiger partial charge is 0.137 e. The highest BCUT2D eigenvalue weighted by Crippen LogP contribution is 2.31. The Morgan fingerprint density at radius 1 is 1.32 bits per heavy atom. The van der Waals surface area contributed by atoms with Crippen molar-refractivity contribution in [2.75, 3.05) is 11.9 Å². The normalized spacial score (nSPS) is 23.1. The molecule has 0 aromatic carbocycles. The minimum atomic E-state index is 0.295. The Labute approximate surface area is 121 Å². The number of nitrogens with one attached hydrogen (secondary N) is 1. The van der Waals surface area contributed by atoms with Gasteiger partial charge in [0.05, 0.1) is 0 Å². The summed E-state index contributed by atoms with van der Waals surface area (Å²) in [5.74, 6) is 3.59. The molecule has 4 heteroatoms. The van der Waals surface area contributed by atoms with E-state index in [2.05, 4.69) is 36.1 Å². The molecule has 0 spiro atoms. The first-order chi connectivity index (χ1) is 8.99. The third-order valence-corrected chi connectivity index (χ3v) is 4.56. The molecule has 0 saturated heterocycles. The summed E-state index contributed by atoms with van der Waals surface area (Å²) in [7, 11) is 0. The molecule has 2 unspecified atom stereocenters. The van der Waals surface area contributed by atoms with Crippen molar-refractivity contribution in [1.82, 2.24) is 9.97 Å². The van der Waals surface area contributed by atoms with E-state index in [0.29, 0.717) is 11.1 Å². The van der Waals surface area contributed by atoms with Crippen molar-refractivity contribution < 1.29 is 0 Å². The van der Waals surface area contributed by atoms with E-state index in [0.717, 1.165) is 35.6 Å². The maximum atomic E-state index is 6.20. The summed E-state index contributed by atoms with van der Waals surface area (Å²) in [5.41, 5.74) is 0.955. The van der Waals surface area contributed by atoms with Crippen LogP contribution >= 0.6 is 11.6 Å². The summed E-state index contributed by atoms with van der Waals surface area (Å²) in [6.07, 6.45) is 4.03. The van der Waals surface area contributed by atoms with Gasteiger partial charge < -0.3 is 5.32 Å². The molecule has 1 aliphatic carbocycles. The first-order valence-electron chi connectivity index (χ1n) is 7.27. The topological polar surface area (TPSA) is 37.8 Å². The van der Waals surface area contributed by atoms with Crippen molar-refractivity contribution >= 4 is 17.4 Å². The molecule has 0 bridgehead atoms. The fourth-order valence-electron chi connectivity index (χ4n) is 2.69. The number of halogens is 1. The van der Waals surface area contributed by atoms with Gasteiger partial charge >= 0.3 is 0 Å². The van der Waals surface area contributed by atoms with E-state index in [4.69, 9.17) is 11.6 Å². The third-order valence-electron chi connectivity index (χ3n) is 4.19. The molecule has 0 amide bonds. The van der Waals surface area contributed by atoms with Crippen LogP contribution in [-0.4, -0.2) is 16.5 Å².